The van der Waals surface area contributed by atoms with Crippen LogP contribution in [0.3, 0.4) is 0 Å². The van der Waals surface area contributed by atoms with Crippen LogP contribution in [0.1, 0.15) is 16.7 Å². The van der Waals surface area contributed by atoms with Crippen LogP contribution in [0.4, 0.5) is 5.69 Å². The van der Waals surface area contributed by atoms with Crippen LogP contribution >= 0.6 is 15.9 Å². The molecule has 0 aromatic heterocycles. The minimum absolute atomic E-state index is 0.0216. The number of amides is 1. The number of ether oxygens (including phenoxy) is 1. The first-order chi connectivity index (χ1) is 11.9. The lowest BCUT2D eigenvalue weighted by molar-refractivity contribution is -0.118. The maximum atomic E-state index is 12.2. The Bertz CT molecular complexity index is 927. The number of carbonyl (C=O) groups excluding carboxylic acids is 1. The van der Waals surface area contributed by atoms with Gasteiger partial charge in [-0.2, -0.15) is 0 Å². The molecule has 25 heavy (non-hydrogen) atoms. The zero-order valence-electron chi connectivity index (χ0n) is 14.5. The van der Waals surface area contributed by atoms with E-state index in [1.165, 1.54) is 5.56 Å². The van der Waals surface area contributed by atoms with E-state index in [2.05, 4.69) is 33.4 Å². The van der Waals surface area contributed by atoms with Crippen molar-refractivity contribution < 1.29 is 9.53 Å². The molecule has 3 nitrogen and oxygen atoms in total. The Morgan fingerprint density at radius 1 is 0.960 bits per heavy atom. The summed E-state index contributed by atoms with van der Waals surface area (Å²) in [5.74, 6) is 0.516. The summed E-state index contributed by atoms with van der Waals surface area (Å²) in [4.78, 5) is 12.2. The summed E-state index contributed by atoms with van der Waals surface area (Å²) < 4.78 is 6.68. The van der Waals surface area contributed by atoms with Crippen LogP contribution < -0.4 is 10.1 Å². The van der Waals surface area contributed by atoms with E-state index in [0.29, 0.717) is 5.75 Å². The minimum atomic E-state index is -0.163. The van der Waals surface area contributed by atoms with E-state index in [-0.39, 0.29) is 12.5 Å². The lowest BCUT2D eigenvalue weighted by Gasteiger charge is -2.13. The van der Waals surface area contributed by atoms with Crippen molar-refractivity contribution in [3.63, 3.8) is 0 Å². The summed E-state index contributed by atoms with van der Waals surface area (Å²) >= 11 is 3.47. The minimum Gasteiger partial charge on any atom is -0.484 e. The van der Waals surface area contributed by atoms with E-state index in [9.17, 15) is 4.79 Å². The molecule has 4 heteroatoms. The van der Waals surface area contributed by atoms with Gasteiger partial charge in [-0.3, -0.25) is 4.79 Å². The predicted molar refractivity (Wildman–Crippen MR) is 106 cm³/mol. The molecule has 0 aliphatic heterocycles. The fourth-order valence-electron chi connectivity index (χ4n) is 2.99. The van der Waals surface area contributed by atoms with Crippen molar-refractivity contribution >= 4 is 38.3 Å². The highest BCUT2D eigenvalue weighted by molar-refractivity contribution is 9.10. The molecule has 0 aliphatic rings. The Kier molecular flexibility index (Phi) is 5.09. The maximum Gasteiger partial charge on any atom is 0.262 e. The molecular weight excluding hydrogens is 378 g/mol. The van der Waals surface area contributed by atoms with Crippen molar-refractivity contribution in [2.24, 2.45) is 0 Å². The van der Waals surface area contributed by atoms with E-state index in [1.807, 2.05) is 57.2 Å². The summed E-state index contributed by atoms with van der Waals surface area (Å²) in [6.45, 7) is 6.02. The van der Waals surface area contributed by atoms with Crippen LogP contribution in [0, 0.1) is 20.8 Å². The summed E-state index contributed by atoms with van der Waals surface area (Å²) in [5, 5.41) is 5.15. The fourth-order valence-corrected chi connectivity index (χ4v) is 3.37. The first-order valence-corrected chi connectivity index (χ1v) is 8.91. The van der Waals surface area contributed by atoms with Gasteiger partial charge in [0.15, 0.2) is 6.61 Å². The van der Waals surface area contributed by atoms with Gasteiger partial charge in [0.2, 0.25) is 0 Å². The number of aryl methyl sites for hydroxylation is 3. The average Bonchev–Trinajstić information content (AvgIpc) is 2.55. The third kappa shape index (κ3) is 4.20. The summed E-state index contributed by atoms with van der Waals surface area (Å²) in [5.41, 5.74) is 4.16. The van der Waals surface area contributed by atoms with Gasteiger partial charge in [-0.1, -0.05) is 45.8 Å². The van der Waals surface area contributed by atoms with Crippen LogP contribution in [0.25, 0.3) is 10.8 Å². The molecule has 0 spiro atoms. The highest BCUT2D eigenvalue weighted by Crippen LogP contribution is 2.25. The van der Waals surface area contributed by atoms with Gasteiger partial charge in [0, 0.05) is 10.2 Å². The number of hydrogen-bond donors (Lipinski definition) is 1. The molecule has 1 N–H and O–H groups in total. The Balaban J connectivity index is 1.68. The van der Waals surface area contributed by atoms with E-state index >= 15 is 0 Å². The summed E-state index contributed by atoms with van der Waals surface area (Å²) in [7, 11) is 0. The van der Waals surface area contributed by atoms with Gasteiger partial charge in [0.05, 0.1) is 0 Å². The standard InChI is InChI=1S/C21H20BrNO2/c1-13-8-14(2)21(15(3)9-13)23-20(24)12-25-19-7-5-16-4-6-18(22)10-17(16)11-19/h4-11H,12H2,1-3H3,(H,23,24). The smallest absolute Gasteiger partial charge is 0.262 e. The van der Waals surface area contributed by atoms with Crippen LogP contribution in [-0.2, 0) is 4.79 Å². The van der Waals surface area contributed by atoms with Gasteiger partial charge in [-0.15, -0.1) is 0 Å². The van der Waals surface area contributed by atoms with Gasteiger partial charge >= 0.3 is 0 Å². The Morgan fingerprint density at radius 3 is 2.36 bits per heavy atom. The molecule has 0 aliphatic carbocycles. The molecule has 0 bridgehead atoms. The third-order valence-electron chi connectivity index (χ3n) is 4.09. The highest BCUT2D eigenvalue weighted by Gasteiger charge is 2.09. The molecule has 0 unspecified atom stereocenters. The van der Waals surface area contributed by atoms with Crippen LogP contribution in [0.2, 0.25) is 0 Å². The van der Waals surface area contributed by atoms with Crippen LogP contribution in [0.15, 0.2) is 53.0 Å². The highest BCUT2D eigenvalue weighted by atomic mass is 79.9. The summed E-state index contributed by atoms with van der Waals surface area (Å²) in [6.07, 6.45) is 0. The molecule has 0 fully saturated rings. The summed E-state index contributed by atoms with van der Waals surface area (Å²) in [6, 6.07) is 16.0. The second kappa shape index (κ2) is 7.28. The van der Waals surface area contributed by atoms with E-state index in [1.54, 1.807) is 0 Å². The van der Waals surface area contributed by atoms with Gasteiger partial charge in [0.1, 0.15) is 5.75 Å². The first-order valence-electron chi connectivity index (χ1n) is 8.12. The van der Waals surface area contributed by atoms with Crippen molar-refractivity contribution in [1.82, 2.24) is 0 Å². The third-order valence-corrected chi connectivity index (χ3v) is 4.58. The Hall–Kier alpha value is -2.33. The second-order valence-corrected chi connectivity index (χ2v) is 7.18. The molecule has 1 amide bonds. The molecule has 3 aromatic rings. The zero-order valence-corrected chi connectivity index (χ0v) is 16.1. The van der Waals surface area contributed by atoms with Crippen molar-refractivity contribution in [1.29, 1.82) is 0 Å². The van der Waals surface area contributed by atoms with E-state index in [4.69, 9.17) is 4.74 Å². The molecule has 3 aromatic carbocycles. The SMILES string of the molecule is Cc1cc(C)c(NC(=O)COc2ccc3ccc(Br)cc3c2)c(C)c1. The number of nitrogens with one attached hydrogen (secondary N) is 1. The molecule has 0 radical (unpaired) electrons. The number of carbonyl (C=O) groups is 1. The molecule has 128 valence electrons. The predicted octanol–water partition coefficient (Wildman–Crippen LogP) is 5.55. The molecule has 0 heterocycles. The molecule has 3 rings (SSSR count). The van der Waals surface area contributed by atoms with Crippen LogP contribution in [0.5, 0.6) is 5.75 Å². The maximum absolute atomic E-state index is 12.2. The van der Waals surface area contributed by atoms with Crippen molar-refractivity contribution in [2.75, 3.05) is 11.9 Å². The van der Waals surface area contributed by atoms with Crippen molar-refractivity contribution in [3.8, 4) is 5.75 Å². The first kappa shape index (κ1) is 17.5. The molecule has 0 saturated heterocycles. The molecular formula is C21H20BrNO2. The number of halogens is 1. The van der Waals surface area contributed by atoms with Gasteiger partial charge in [0.25, 0.3) is 5.91 Å². The number of rotatable bonds is 4. The monoisotopic (exact) mass is 397 g/mol. The fraction of sp³-hybridized carbons (Fsp3) is 0.190. The number of hydrogen-bond acceptors (Lipinski definition) is 2. The number of anilines is 1. The zero-order chi connectivity index (χ0) is 18.0. The van der Waals surface area contributed by atoms with Crippen molar-refractivity contribution in [3.05, 3.63) is 69.7 Å². The lowest BCUT2D eigenvalue weighted by Crippen LogP contribution is -2.21. The quantitative estimate of drug-likeness (QED) is 0.626. The average molecular weight is 398 g/mol. The second-order valence-electron chi connectivity index (χ2n) is 6.26. The lowest BCUT2D eigenvalue weighted by atomic mass is 10.1. The Morgan fingerprint density at radius 2 is 1.64 bits per heavy atom. The Labute approximate surface area is 156 Å². The molecule has 0 saturated carbocycles. The van der Waals surface area contributed by atoms with Gasteiger partial charge in [-0.25, -0.2) is 0 Å². The number of fused-ring (bicyclic) bond motifs is 1. The van der Waals surface area contributed by atoms with Gasteiger partial charge in [-0.05, 0) is 66.9 Å². The van der Waals surface area contributed by atoms with Crippen molar-refractivity contribution in [2.45, 2.75) is 20.8 Å². The van der Waals surface area contributed by atoms with Gasteiger partial charge < -0.3 is 10.1 Å². The molecule has 0 atom stereocenters. The number of benzene rings is 3. The van der Waals surface area contributed by atoms with E-state index in [0.717, 1.165) is 32.1 Å². The topological polar surface area (TPSA) is 38.3 Å². The van der Waals surface area contributed by atoms with Crippen LogP contribution in [-0.4, -0.2) is 12.5 Å². The normalized spacial score (nSPS) is 10.7. The van der Waals surface area contributed by atoms with E-state index < -0.39 is 0 Å². The largest absolute Gasteiger partial charge is 0.484 e.